The van der Waals surface area contributed by atoms with Gasteiger partial charge in [-0.05, 0) is 18.2 Å². The fraction of sp³-hybridized carbons (Fsp3) is 0.385. The van der Waals surface area contributed by atoms with Crippen LogP contribution in [0.3, 0.4) is 0 Å². The molecule has 0 saturated heterocycles. The van der Waals surface area contributed by atoms with E-state index in [1.54, 1.807) is 0 Å². The molecule has 0 bridgehead atoms. The number of benzene rings is 1. The van der Waals surface area contributed by atoms with Crippen molar-refractivity contribution in [2.24, 2.45) is 5.73 Å². The average molecular weight is 300 g/mol. The number of methoxy groups -OCH3 is 1. The molecule has 0 aliphatic rings. The zero-order valence-electron chi connectivity index (χ0n) is 11.4. The summed E-state index contributed by atoms with van der Waals surface area (Å²) in [5, 5.41) is 0. The molecule has 20 heavy (non-hydrogen) atoms. The molecule has 0 atom stereocenters. The number of nitrogens with zero attached hydrogens (tertiary/aromatic N) is 1. The molecular weight excluding hydrogens is 283 g/mol. The Hall–Kier alpha value is -1.46. The van der Waals surface area contributed by atoms with Crippen molar-refractivity contribution in [3.63, 3.8) is 0 Å². The van der Waals surface area contributed by atoms with E-state index < -0.39 is 15.8 Å². The molecule has 1 aromatic carbocycles. The third-order valence-electron chi connectivity index (χ3n) is 2.57. The van der Waals surface area contributed by atoms with Crippen LogP contribution in [-0.4, -0.2) is 46.6 Å². The van der Waals surface area contributed by atoms with E-state index in [9.17, 15) is 12.8 Å². The predicted octanol–water partition coefficient (Wildman–Crippen LogP) is 0.403. The zero-order valence-corrected chi connectivity index (χ0v) is 12.2. The first-order chi connectivity index (χ1) is 9.43. The summed E-state index contributed by atoms with van der Waals surface area (Å²) in [6, 6.07) is 3.37. The van der Waals surface area contributed by atoms with Crippen molar-refractivity contribution in [1.82, 2.24) is 4.31 Å². The number of rotatable bonds is 5. The Kier molecular flexibility index (Phi) is 6.10. The molecule has 1 aromatic rings. The Morgan fingerprint density at radius 1 is 1.45 bits per heavy atom. The first kappa shape index (κ1) is 16.6. The van der Waals surface area contributed by atoms with E-state index in [4.69, 9.17) is 10.5 Å². The largest absolute Gasteiger partial charge is 0.383 e. The van der Waals surface area contributed by atoms with E-state index in [0.29, 0.717) is 0 Å². The summed E-state index contributed by atoms with van der Waals surface area (Å²) in [5.41, 5.74) is 5.35. The smallest absolute Gasteiger partial charge is 0.244 e. The van der Waals surface area contributed by atoms with E-state index in [1.807, 2.05) is 0 Å². The average Bonchev–Trinajstić information content (AvgIpc) is 2.42. The number of halogens is 1. The number of hydrogen-bond donors (Lipinski definition) is 1. The molecule has 0 aromatic heterocycles. The molecule has 7 heteroatoms. The molecule has 110 valence electrons. The molecule has 5 nitrogen and oxygen atoms in total. The highest BCUT2D eigenvalue weighted by Gasteiger charge is 2.23. The summed E-state index contributed by atoms with van der Waals surface area (Å²) in [7, 11) is -0.835. The molecule has 0 unspecified atom stereocenters. The SMILES string of the molecule is COCCN(C)S(=O)(=O)c1ccc(F)cc1C#CCN. The van der Waals surface area contributed by atoms with E-state index in [1.165, 1.54) is 20.2 Å². The maximum Gasteiger partial charge on any atom is 0.244 e. The van der Waals surface area contributed by atoms with Gasteiger partial charge < -0.3 is 10.5 Å². The first-order valence-corrected chi connectivity index (χ1v) is 7.31. The predicted molar refractivity (Wildman–Crippen MR) is 74.0 cm³/mol. The van der Waals surface area contributed by atoms with Crippen LogP contribution in [-0.2, 0) is 14.8 Å². The summed E-state index contributed by atoms with van der Waals surface area (Å²) >= 11 is 0. The van der Waals surface area contributed by atoms with Crippen LogP contribution in [0.4, 0.5) is 4.39 Å². The van der Waals surface area contributed by atoms with Crippen LogP contribution in [0.15, 0.2) is 23.1 Å². The maximum absolute atomic E-state index is 13.2. The lowest BCUT2D eigenvalue weighted by Gasteiger charge is -2.17. The van der Waals surface area contributed by atoms with E-state index in [0.717, 1.165) is 16.4 Å². The number of likely N-dealkylation sites (N-methyl/N-ethyl adjacent to an activating group) is 1. The van der Waals surface area contributed by atoms with Gasteiger partial charge in [0.1, 0.15) is 5.82 Å². The summed E-state index contributed by atoms with van der Waals surface area (Å²) in [5.74, 6) is 4.56. The van der Waals surface area contributed by atoms with Gasteiger partial charge in [0.2, 0.25) is 10.0 Å². The lowest BCUT2D eigenvalue weighted by atomic mass is 10.2. The minimum atomic E-state index is -3.75. The van der Waals surface area contributed by atoms with Gasteiger partial charge in [0.05, 0.1) is 18.0 Å². The van der Waals surface area contributed by atoms with Gasteiger partial charge in [-0.2, -0.15) is 4.31 Å². The van der Waals surface area contributed by atoms with Crippen LogP contribution in [0.1, 0.15) is 5.56 Å². The Bertz CT molecular complexity index is 620. The number of nitrogens with two attached hydrogens (primary N) is 1. The van der Waals surface area contributed by atoms with Crippen molar-refractivity contribution in [3.8, 4) is 11.8 Å². The van der Waals surface area contributed by atoms with Crippen LogP contribution in [0.2, 0.25) is 0 Å². The Labute approximate surface area is 118 Å². The van der Waals surface area contributed by atoms with Crippen LogP contribution < -0.4 is 5.73 Å². The number of hydrogen-bond acceptors (Lipinski definition) is 4. The summed E-state index contributed by atoms with van der Waals surface area (Å²) in [6.45, 7) is 0.524. The quantitative estimate of drug-likeness (QED) is 0.799. The summed E-state index contributed by atoms with van der Waals surface area (Å²) < 4.78 is 44.0. The number of sulfonamides is 1. The molecule has 2 N–H and O–H groups in total. The van der Waals surface area contributed by atoms with Crippen molar-refractivity contribution in [1.29, 1.82) is 0 Å². The molecule has 0 spiro atoms. The van der Waals surface area contributed by atoms with Crippen molar-refractivity contribution in [3.05, 3.63) is 29.6 Å². The highest BCUT2D eigenvalue weighted by atomic mass is 32.2. The van der Waals surface area contributed by atoms with Gasteiger partial charge >= 0.3 is 0 Å². The maximum atomic E-state index is 13.2. The molecule has 0 radical (unpaired) electrons. The monoisotopic (exact) mass is 300 g/mol. The van der Waals surface area contributed by atoms with Gasteiger partial charge in [-0.25, -0.2) is 12.8 Å². The van der Waals surface area contributed by atoms with Crippen LogP contribution in [0, 0.1) is 17.7 Å². The Morgan fingerprint density at radius 3 is 2.75 bits per heavy atom. The minimum absolute atomic E-state index is 0.0431. The zero-order chi connectivity index (χ0) is 15.2. The lowest BCUT2D eigenvalue weighted by Crippen LogP contribution is -2.30. The minimum Gasteiger partial charge on any atom is -0.383 e. The Balaban J connectivity index is 3.23. The highest BCUT2D eigenvalue weighted by molar-refractivity contribution is 7.89. The second kappa shape index (κ2) is 7.36. The fourth-order valence-electron chi connectivity index (χ4n) is 1.48. The van der Waals surface area contributed by atoms with Gasteiger partial charge in [0, 0.05) is 26.3 Å². The van der Waals surface area contributed by atoms with Crippen molar-refractivity contribution < 1.29 is 17.5 Å². The lowest BCUT2D eigenvalue weighted by molar-refractivity contribution is 0.185. The normalized spacial score (nSPS) is 11.2. The van der Waals surface area contributed by atoms with Gasteiger partial charge in [-0.15, -0.1) is 0 Å². The number of ether oxygens (including phenoxy) is 1. The van der Waals surface area contributed by atoms with Gasteiger partial charge in [0.25, 0.3) is 0 Å². The molecule has 0 heterocycles. The van der Waals surface area contributed by atoms with Crippen molar-refractivity contribution in [2.45, 2.75) is 4.90 Å². The van der Waals surface area contributed by atoms with Crippen molar-refractivity contribution in [2.75, 3.05) is 33.9 Å². The summed E-state index contributed by atoms with van der Waals surface area (Å²) in [4.78, 5) is -0.0431. The van der Waals surface area contributed by atoms with Crippen LogP contribution in [0.25, 0.3) is 0 Å². The van der Waals surface area contributed by atoms with Crippen LogP contribution >= 0.6 is 0 Å². The van der Waals surface area contributed by atoms with E-state index >= 15 is 0 Å². The van der Waals surface area contributed by atoms with Gasteiger partial charge in [-0.1, -0.05) is 11.8 Å². The molecule has 0 fully saturated rings. The third kappa shape index (κ3) is 4.02. The Morgan fingerprint density at radius 2 is 2.15 bits per heavy atom. The topological polar surface area (TPSA) is 72.6 Å². The molecule has 0 aliphatic heterocycles. The van der Waals surface area contributed by atoms with Gasteiger partial charge in [-0.3, -0.25) is 0 Å². The second-order valence-corrected chi connectivity index (χ2v) is 5.98. The van der Waals surface area contributed by atoms with E-state index in [2.05, 4.69) is 11.8 Å². The van der Waals surface area contributed by atoms with Gasteiger partial charge in [0.15, 0.2) is 0 Å². The second-order valence-electron chi connectivity index (χ2n) is 3.97. The standard InChI is InChI=1S/C13H17FN2O3S/c1-16(8-9-19-2)20(17,18)13-6-5-12(14)10-11(13)4-3-7-15/h5-6,10H,7-9,15H2,1-2H3. The molecular formula is C13H17FN2O3S. The molecule has 1 rings (SSSR count). The fourth-order valence-corrected chi connectivity index (χ4v) is 2.76. The molecule has 0 amide bonds. The van der Waals surface area contributed by atoms with Crippen LogP contribution in [0.5, 0.6) is 0 Å². The molecule has 0 saturated carbocycles. The third-order valence-corrected chi connectivity index (χ3v) is 4.48. The van der Waals surface area contributed by atoms with Crippen molar-refractivity contribution >= 4 is 10.0 Å². The molecule has 0 aliphatic carbocycles. The first-order valence-electron chi connectivity index (χ1n) is 5.87. The highest BCUT2D eigenvalue weighted by Crippen LogP contribution is 2.19. The van der Waals surface area contributed by atoms with E-state index in [-0.39, 0.29) is 30.2 Å². The summed E-state index contributed by atoms with van der Waals surface area (Å²) in [6.07, 6.45) is 0.